The lowest BCUT2D eigenvalue weighted by molar-refractivity contribution is -0.115. The summed E-state index contributed by atoms with van der Waals surface area (Å²) >= 11 is 0. The molecule has 0 fully saturated rings. The number of methoxy groups -OCH3 is 1. The molecule has 1 aliphatic heterocycles. The Balaban J connectivity index is 2.40. The largest absolute Gasteiger partial charge is 0.491 e. The molecule has 1 heterocycles. The minimum absolute atomic E-state index is 0.0579. The van der Waals surface area contributed by atoms with Crippen LogP contribution in [0.1, 0.15) is 50.9 Å². The van der Waals surface area contributed by atoms with Crippen LogP contribution in [0.4, 0.5) is 5.69 Å². The van der Waals surface area contributed by atoms with E-state index < -0.39 is 0 Å². The third kappa shape index (κ3) is 6.19. The predicted molar refractivity (Wildman–Crippen MR) is 119 cm³/mol. The van der Waals surface area contributed by atoms with Crippen LogP contribution < -0.4 is 10.1 Å². The van der Waals surface area contributed by atoms with Crippen molar-refractivity contribution in [2.75, 3.05) is 45.7 Å². The summed E-state index contributed by atoms with van der Waals surface area (Å²) in [5.74, 6) is 0.564. The lowest BCUT2D eigenvalue weighted by atomic mass is 10.0. The molecule has 0 radical (unpaired) electrons. The van der Waals surface area contributed by atoms with Gasteiger partial charge in [-0.3, -0.25) is 14.5 Å². The number of amides is 2. The first-order valence-electron chi connectivity index (χ1n) is 10.9. The second-order valence-electron chi connectivity index (χ2n) is 8.20. The summed E-state index contributed by atoms with van der Waals surface area (Å²) in [5.41, 5.74) is 1.12. The van der Waals surface area contributed by atoms with Gasteiger partial charge >= 0.3 is 0 Å². The monoisotopic (exact) mass is 419 g/mol. The molecule has 3 atom stereocenters. The van der Waals surface area contributed by atoms with Crippen LogP contribution in [0.25, 0.3) is 0 Å². The third-order valence-electron chi connectivity index (χ3n) is 5.69. The van der Waals surface area contributed by atoms with Crippen LogP contribution in [0.3, 0.4) is 0 Å². The molecule has 0 saturated heterocycles. The van der Waals surface area contributed by atoms with E-state index in [0.717, 1.165) is 19.5 Å². The van der Waals surface area contributed by atoms with Crippen molar-refractivity contribution in [3.8, 4) is 5.75 Å². The highest BCUT2D eigenvalue weighted by atomic mass is 16.5. The molecule has 7 heteroatoms. The Morgan fingerprint density at radius 1 is 1.27 bits per heavy atom. The molecule has 0 unspecified atom stereocenters. The van der Waals surface area contributed by atoms with Gasteiger partial charge in [-0.05, 0) is 37.9 Å². The molecule has 0 aliphatic carbocycles. The van der Waals surface area contributed by atoms with Crippen molar-refractivity contribution in [1.29, 1.82) is 0 Å². The van der Waals surface area contributed by atoms with Gasteiger partial charge in [-0.2, -0.15) is 0 Å². The molecule has 1 aromatic rings. The summed E-state index contributed by atoms with van der Waals surface area (Å²) in [7, 11) is 3.49. The Morgan fingerprint density at radius 3 is 2.63 bits per heavy atom. The molecule has 0 spiro atoms. The highest BCUT2D eigenvalue weighted by molar-refractivity contribution is 5.98. The number of carbonyl (C=O) groups is 2. The van der Waals surface area contributed by atoms with Crippen molar-refractivity contribution < 1.29 is 19.1 Å². The zero-order valence-electron chi connectivity index (χ0n) is 19.2. The molecule has 1 N–H and O–H groups in total. The molecule has 2 rings (SSSR count). The van der Waals surface area contributed by atoms with Crippen molar-refractivity contribution in [3.63, 3.8) is 0 Å². The molecule has 30 heavy (non-hydrogen) atoms. The van der Waals surface area contributed by atoms with Gasteiger partial charge in [-0.25, -0.2) is 0 Å². The van der Waals surface area contributed by atoms with E-state index in [-0.39, 0.29) is 29.9 Å². The second-order valence-corrected chi connectivity index (χ2v) is 8.20. The van der Waals surface area contributed by atoms with Crippen LogP contribution in [0.2, 0.25) is 0 Å². The van der Waals surface area contributed by atoms with Crippen LogP contribution in [0.5, 0.6) is 5.75 Å². The molecular weight excluding hydrogens is 382 g/mol. The fourth-order valence-electron chi connectivity index (χ4n) is 3.77. The maximum Gasteiger partial charge on any atom is 0.257 e. The van der Waals surface area contributed by atoms with E-state index in [2.05, 4.69) is 31.0 Å². The second kappa shape index (κ2) is 11.3. The standard InChI is InChI=1S/C23H37N3O4/c1-7-11-26-13-16(3)21(29-6)14-25(5)23(28)19-10-9-18(24-22(27)8-2)12-20(19)30-15-17(26)4/h9-10,12,16-17,21H,7-8,11,13-15H2,1-6H3,(H,24,27)/t16-,17+,21-/m1/s1. The van der Waals surface area contributed by atoms with E-state index in [1.807, 2.05) is 0 Å². The fourth-order valence-corrected chi connectivity index (χ4v) is 3.77. The number of nitrogens with zero attached hydrogens (tertiary/aromatic N) is 2. The lowest BCUT2D eigenvalue weighted by Gasteiger charge is -2.35. The fraction of sp³-hybridized carbons (Fsp3) is 0.652. The average molecular weight is 420 g/mol. The van der Waals surface area contributed by atoms with Crippen LogP contribution in [-0.2, 0) is 9.53 Å². The van der Waals surface area contributed by atoms with Gasteiger partial charge in [0, 0.05) is 51.5 Å². The first-order valence-corrected chi connectivity index (χ1v) is 10.9. The number of rotatable bonds is 5. The Kier molecular flexibility index (Phi) is 9.11. The van der Waals surface area contributed by atoms with E-state index in [9.17, 15) is 9.59 Å². The van der Waals surface area contributed by atoms with Crippen LogP contribution >= 0.6 is 0 Å². The zero-order chi connectivity index (χ0) is 22.3. The number of benzene rings is 1. The van der Waals surface area contributed by atoms with Gasteiger partial charge in [0.05, 0.1) is 11.7 Å². The molecule has 0 bridgehead atoms. The number of hydrogen-bond acceptors (Lipinski definition) is 5. The smallest absolute Gasteiger partial charge is 0.257 e. The van der Waals surface area contributed by atoms with E-state index in [1.165, 1.54) is 0 Å². The quantitative estimate of drug-likeness (QED) is 0.793. The van der Waals surface area contributed by atoms with Gasteiger partial charge in [0.25, 0.3) is 5.91 Å². The molecule has 1 aromatic carbocycles. The number of anilines is 1. The van der Waals surface area contributed by atoms with Gasteiger partial charge in [0.1, 0.15) is 12.4 Å². The number of likely N-dealkylation sites (N-methyl/N-ethyl adjacent to an activating group) is 1. The summed E-state index contributed by atoms with van der Waals surface area (Å²) in [6.45, 7) is 11.1. The summed E-state index contributed by atoms with van der Waals surface area (Å²) in [6.07, 6.45) is 1.38. The predicted octanol–water partition coefficient (Wildman–Crippen LogP) is 3.25. The van der Waals surface area contributed by atoms with Crippen molar-refractivity contribution in [2.24, 2.45) is 5.92 Å². The molecule has 0 saturated carbocycles. The van der Waals surface area contributed by atoms with Crippen molar-refractivity contribution in [1.82, 2.24) is 9.80 Å². The number of nitrogens with one attached hydrogen (secondary N) is 1. The first-order chi connectivity index (χ1) is 14.3. The molecular formula is C23H37N3O4. The Labute approximate surface area is 180 Å². The van der Waals surface area contributed by atoms with E-state index in [4.69, 9.17) is 9.47 Å². The number of fused-ring (bicyclic) bond motifs is 1. The Morgan fingerprint density at radius 2 is 2.00 bits per heavy atom. The molecule has 7 nitrogen and oxygen atoms in total. The van der Waals surface area contributed by atoms with Crippen molar-refractivity contribution >= 4 is 17.5 Å². The number of hydrogen-bond donors (Lipinski definition) is 1. The van der Waals surface area contributed by atoms with Gasteiger partial charge in [-0.1, -0.05) is 20.8 Å². The van der Waals surface area contributed by atoms with Crippen LogP contribution in [-0.4, -0.2) is 74.2 Å². The molecule has 2 amide bonds. The van der Waals surface area contributed by atoms with Crippen molar-refractivity contribution in [3.05, 3.63) is 23.8 Å². The topological polar surface area (TPSA) is 71.1 Å². The van der Waals surface area contributed by atoms with Crippen molar-refractivity contribution in [2.45, 2.75) is 52.7 Å². The third-order valence-corrected chi connectivity index (χ3v) is 5.69. The van der Waals surface area contributed by atoms with Gasteiger partial charge in [0.15, 0.2) is 0 Å². The maximum absolute atomic E-state index is 13.2. The lowest BCUT2D eigenvalue weighted by Crippen LogP contribution is -2.46. The zero-order valence-corrected chi connectivity index (χ0v) is 19.2. The van der Waals surface area contributed by atoms with E-state index in [0.29, 0.717) is 36.6 Å². The summed E-state index contributed by atoms with van der Waals surface area (Å²) < 4.78 is 11.9. The Hall–Kier alpha value is -2.12. The number of ether oxygens (including phenoxy) is 2. The Bertz CT molecular complexity index is 724. The first kappa shape index (κ1) is 24.2. The normalized spacial score (nSPS) is 23.7. The van der Waals surface area contributed by atoms with Gasteiger partial charge in [0.2, 0.25) is 5.91 Å². The summed E-state index contributed by atoms with van der Waals surface area (Å²) in [4.78, 5) is 29.0. The molecule has 1 aliphatic rings. The SMILES string of the molecule is CCCN1C[C@@H](C)[C@H](OC)CN(C)C(=O)c2ccc(NC(=O)CC)cc2OC[C@@H]1C. The van der Waals surface area contributed by atoms with E-state index in [1.54, 1.807) is 44.2 Å². The van der Waals surface area contributed by atoms with Crippen LogP contribution in [0.15, 0.2) is 18.2 Å². The van der Waals surface area contributed by atoms with Gasteiger partial charge in [-0.15, -0.1) is 0 Å². The van der Waals surface area contributed by atoms with Gasteiger partial charge < -0.3 is 19.7 Å². The highest BCUT2D eigenvalue weighted by Gasteiger charge is 2.28. The summed E-state index contributed by atoms with van der Waals surface area (Å²) in [6, 6.07) is 5.40. The minimum Gasteiger partial charge on any atom is -0.491 e. The highest BCUT2D eigenvalue weighted by Crippen LogP contribution is 2.27. The van der Waals surface area contributed by atoms with E-state index >= 15 is 0 Å². The minimum atomic E-state index is -0.119. The maximum atomic E-state index is 13.2. The summed E-state index contributed by atoms with van der Waals surface area (Å²) in [5, 5.41) is 2.84. The average Bonchev–Trinajstić information content (AvgIpc) is 2.73. The molecule has 0 aromatic heterocycles. The number of carbonyl (C=O) groups excluding carboxylic acids is 2. The molecule has 168 valence electrons. The van der Waals surface area contributed by atoms with Crippen LogP contribution in [0, 0.1) is 5.92 Å².